The highest BCUT2D eigenvalue weighted by atomic mass is 19.3. The lowest BCUT2D eigenvalue weighted by molar-refractivity contribution is -0.249. The lowest BCUT2D eigenvalue weighted by atomic mass is 9.72. The van der Waals surface area contributed by atoms with Crippen LogP contribution >= 0.6 is 0 Å². The number of rotatable bonds is 13. The summed E-state index contributed by atoms with van der Waals surface area (Å²) in [7, 11) is 1.27. The van der Waals surface area contributed by atoms with E-state index in [1.165, 1.54) is 51.4 Å². The van der Waals surface area contributed by atoms with Gasteiger partial charge in [0.05, 0.1) is 66.2 Å². The van der Waals surface area contributed by atoms with Gasteiger partial charge in [-0.15, -0.1) is 0 Å². The van der Waals surface area contributed by atoms with E-state index in [9.17, 15) is 63.1 Å². The van der Waals surface area contributed by atoms with Crippen LogP contribution in [-0.4, -0.2) is 139 Å². The number of carbonyl (C=O) groups excluding carboxylic acids is 6. The van der Waals surface area contributed by atoms with Gasteiger partial charge in [0.15, 0.2) is 17.9 Å². The molecule has 2 heterocycles. The van der Waals surface area contributed by atoms with Crippen LogP contribution in [0.3, 0.4) is 0 Å². The number of benzene rings is 3. The van der Waals surface area contributed by atoms with E-state index in [4.69, 9.17) is 14.2 Å². The number of phenolic OH excluding ortho intramolecular Hbond substituents is 2. The predicted octanol–water partition coefficient (Wildman–Crippen LogP) is 2.01. The maximum absolute atomic E-state index is 14.5. The minimum atomic E-state index is -3.49. The first-order valence-corrected chi connectivity index (χ1v) is 20.5. The second-order valence-electron chi connectivity index (χ2n) is 16.5. The zero-order chi connectivity index (χ0) is 47.3. The molecule has 7 atom stereocenters. The van der Waals surface area contributed by atoms with Gasteiger partial charge < -0.3 is 55.3 Å². The Kier molecular flexibility index (Phi) is 12.8. The molecule has 344 valence electrons. The molecule has 0 radical (unpaired) electrons. The number of halogens is 2. The van der Waals surface area contributed by atoms with Crippen LogP contribution in [0.1, 0.15) is 93.0 Å². The summed E-state index contributed by atoms with van der Waals surface area (Å²) in [6.07, 6.45) is -6.10. The number of aliphatic hydroxyl groups excluding tert-OH is 2. The van der Waals surface area contributed by atoms with E-state index in [1.807, 2.05) is 0 Å². The summed E-state index contributed by atoms with van der Waals surface area (Å²) in [5, 5.41) is 61.5. The number of aliphatic hydroxyl groups is 3. The molecule has 20 heteroatoms. The topological polar surface area (TPSA) is 271 Å². The van der Waals surface area contributed by atoms with E-state index in [0.717, 1.165) is 0 Å². The average Bonchev–Trinajstić information content (AvgIpc) is 3.26. The van der Waals surface area contributed by atoms with Gasteiger partial charge in [0.2, 0.25) is 17.6 Å². The van der Waals surface area contributed by atoms with Crippen LogP contribution in [0.4, 0.5) is 8.78 Å². The Labute approximate surface area is 369 Å². The van der Waals surface area contributed by atoms with Crippen LogP contribution in [0.5, 0.6) is 17.2 Å². The van der Waals surface area contributed by atoms with Crippen LogP contribution in [0.2, 0.25) is 0 Å². The normalized spacial score (nSPS) is 23.1. The molecular formula is C45H46F2N4O14. The van der Waals surface area contributed by atoms with E-state index >= 15 is 0 Å². The number of pyridine rings is 1. The highest BCUT2D eigenvalue weighted by molar-refractivity contribution is 6.31. The maximum Gasteiger partial charge on any atom is 0.262 e. The Bertz CT molecular complexity index is 2610. The van der Waals surface area contributed by atoms with Gasteiger partial charge in [0.25, 0.3) is 11.8 Å². The Morgan fingerprint density at radius 3 is 2.43 bits per heavy atom. The lowest BCUT2D eigenvalue weighted by Gasteiger charge is -2.43. The smallest absolute Gasteiger partial charge is 0.262 e. The number of nitrogens with one attached hydrogen (secondary N) is 2. The second kappa shape index (κ2) is 17.8. The summed E-state index contributed by atoms with van der Waals surface area (Å²) in [5.74, 6) is -10.8. The first-order chi connectivity index (χ1) is 30.7. The highest BCUT2D eigenvalue weighted by Crippen LogP contribution is 2.52. The number of ketones is 3. The maximum atomic E-state index is 14.5. The van der Waals surface area contributed by atoms with Gasteiger partial charge >= 0.3 is 0 Å². The molecule has 3 amide bonds. The van der Waals surface area contributed by atoms with Crippen LogP contribution in [-0.2, 0) is 30.3 Å². The van der Waals surface area contributed by atoms with E-state index in [2.05, 4.69) is 15.6 Å². The number of amides is 3. The molecule has 1 saturated heterocycles. The molecule has 2 aliphatic carbocycles. The number of ether oxygens (including phenoxy) is 3. The number of para-hydroxylation sites is 1. The number of aromatic nitrogens is 1. The largest absolute Gasteiger partial charge is 0.507 e. The fourth-order valence-electron chi connectivity index (χ4n) is 8.74. The minimum absolute atomic E-state index is 0.00193. The summed E-state index contributed by atoms with van der Waals surface area (Å²) >= 11 is 0. The average molecular weight is 905 g/mol. The van der Waals surface area contributed by atoms with Crippen LogP contribution in [0.15, 0.2) is 54.7 Å². The minimum Gasteiger partial charge on any atom is -0.507 e. The number of phenols is 2. The van der Waals surface area contributed by atoms with Gasteiger partial charge in [-0.05, 0) is 32.0 Å². The summed E-state index contributed by atoms with van der Waals surface area (Å²) < 4.78 is 46.4. The number of aromatic hydroxyl groups is 2. The number of hydrogen-bond acceptors (Lipinski definition) is 15. The summed E-state index contributed by atoms with van der Waals surface area (Å²) in [6, 6.07) is 9.69. The molecule has 0 spiro atoms. The SMILES string of the molecule is COc1cccc2c1C(=O)c1c(O)c3c(c(O)c1C2=O)C[C@@](O)(C(=O)CO)C[C@@H]3OC1CC(NC(=O)CN(CC(C)(F)F)C(=O)[C@@H](C)NC(=O)c2ccnc3ccccc23)C(O)C(C)O1. The van der Waals surface area contributed by atoms with E-state index in [0.29, 0.717) is 22.7 Å². The molecule has 4 aromatic rings. The molecule has 18 nitrogen and oxygen atoms in total. The van der Waals surface area contributed by atoms with Crippen molar-refractivity contribution in [3.8, 4) is 17.2 Å². The Morgan fingerprint density at radius 1 is 1.03 bits per heavy atom. The Balaban J connectivity index is 1.13. The van der Waals surface area contributed by atoms with Gasteiger partial charge in [0, 0.05) is 54.5 Å². The van der Waals surface area contributed by atoms with E-state index < -0.39 is 145 Å². The molecule has 7 rings (SSSR count). The zero-order valence-electron chi connectivity index (χ0n) is 35.5. The van der Waals surface area contributed by atoms with Crippen molar-refractivity contribution in [1.82, 2.24) is 20.5 Å². The Morgan fingerprint density at radius 2 is 1.74 bits per heavy atom. The number of alkyl halides is 2. The fourth-order valence-corrected chi connectivity index (χ4v) is 8.74. The van der Waals surface area contributed by atoms with Gasteiger partial charge in [-0.1, -0.05) is 30.3 Å². The van der Waals surface area contributed by atoms with Gasteiger partial charge in [-0.2, -0.15) is 0 Å². The third kappa shape index (κ3) is 8.86. The van der Waals surface area contributed by atoms with E-state index in [1.54, 1.807) is 24.3 Å². The van der Waals surface area contributed by atoms with Crippen molar-refractivity contribution >= 4 is 46.0 Å². The molecule has 1 aliphatic heterocycles. The first-order valence-electron chi connectivity index (χ1n) is 20.5. The van der Waals surface area contributed by atoms with Crippen molar-refractivity contribution < 1.29 is 77.3 Å². The van der Waals surface area contributed by atoms with Crippen molar-refractivity contribution in [2.24, 2.45) is 0 Å². The zero-order valence-corrected chi connectivity index (χ0v) is 35.5. The lowest BCUT2D eigenvalue weighted by Crippen LogP contribution is -2.58. The number of methoxy groups -OCH3 is 1. The third-order valence-electron chi connectivity index (χ3n) is 11.8. The predicted molar refractivity (Wildman–Crippen MR) is 222 cm³/mol. The molecular weight excluding hydrogens is 859 g/mol. The van der Waals surface area contributed by atoms with Crippen molar-refractivity contribution in [2.45, 2.75) is 88.2 Å². The molecule has 3 aliphatic rings. The van der Waals surface area contributed by atoms with Gasteiger partial charge in [-0.25, -0.2) is 8.78 Å². The van der Waals surface area contributed by atoms with Gasteiger partial charge in [0.1, 0.15) is 41.6 Å². The molecule has 4 unspecified atom stereocenters. The van der Waals surface area contributed by atoms with E-state index in [-0.39, 0.29) is 33.6 Å². The van der Waals surface area contributed by atoms with Crippen molar-refractivity contribution in [2.75, 3.05) is 26.8 Å². The molecule has 65 heavy (non-hydrogen) atoms. The van der Waals surface area contributed by atoms with Crippen LogP contribution in [0.25, 0.3) is 10.9 Å². The summed E-state index contributed by atoms with van der Waals surface area (Å²) in [6.45, 7) is -0.120. The quantitative estimate of drug-likeness (QED) is 0.0833. The number of carbonyl (C=O) groups is 6. The van der Waals surface area contributed by atoms with Crippen molar-refractivity contribution in [3.63, 3.8) is 0 Å². The van der Waals surface area contributed by atoms with Crippen LogP contribution < -0.4 is 15.4 Å². The number of nitrogens with zero attached hydrogens (tertiary/aromatic N) is 2. The molecule has 7 N–H and O–H groups in total. The first kappa shape index (κ1) is 46.5. The molecule has 1 fully saturated rings. The van der Waals surface area contributed by atoms with Crippen molar-refractivity contribution in [1.29, 1.82) is 0 Å². The van der Waals surface area contributed by atoms with Gasteiger partial charge in [-0.3, -0.25) is 33.8 Å². The van der Waals surface area contributed by atoms with Crippen molar-refractivity contribution in [3.05, 3.63) is 93.7 Å². The third-order valence-corrected chi connectivity index (χ3v) is 11.8. The fraction of sp³-hybridized carbons (Fsp3) is 0.400. The highest BCUT2D eigenvalue weighted by Gasteiger charge is 2.50. The molecule has 0 saturated carbocycles. The van der Waals surface area contributed by atoms with Crippen LogP contribution in [0, 0.1) is 0 Å². The second-order valence-corrected chi connectivity index (χ2v) is 16.5. The Hall–Kier alpha value is -6.45. The number of hydrogen-bond donors (Lipinski definition) is 7. The number of fused-ring (bicyclic) bond motifs is 4. The molecule has 0 bridgehead atoms. The molecule has 1 aromatic heterocycles. The summed E-state index contributed by atoms with van der Waals surface area (Å²) in [5.41, 5.74) is -3.99. The number of Topliss-reactive ketones (excluding diaryl/α,β-unsaturated/α-hetero) is 1. The monoisotopic (exact) mass is 904 g/mol. The molecule has 3 aromatic carbocycles. The standard InChI is InChI=1S/C45H46F2N4O14/c1-20(49-42(60)23-12-13-48-26-10-6-5-8-22(23)26)43(61)51(19-44(3,46)47)17-31(54)50-27-14-32(64-21(2)37(27)55)65-29-16-45(62,30(53)18-52)15-25-34(29)41(59)36-35(39(25)57)38(56)24-9-7-11-28(63-4)33(24)40(36)58/h5-13,20-21,27,29,32,37,52,55,57,59,62H,14-19H2,1-4H3,(H,49,60)(H,50,54)/t20-,21?,27?,29+,32?,37?,45+/m1/s1. The summed E-state index contributed by atoms with van der Waals surface area (Å²) in [4.78, 5) is 86.1.